The summed E-state index contributed by atoms with van der Waals surface area (Å²) in [4.78, 5) is 0. The van der Waals surface area contributed by atoms with Crippen molar-refractivity contribution < 1.29 is 0 Å². The number of hydrogen-bond acceptors (Lipinski definition) is 0. The van der Waals surface area contributed by atoms with Crippen molar-refractivity contribution >= 4 is 0 Å². The van der Waals surface area contributed by atoms with Gasteiger partial charge in [0.05, 0.1) is 0 Å². The van der Waals surface area contributed by atoms with Gasteiger partial charge in [0.2, 0.25) is 12.0 Å². The van der Waals surface area contributed by atoms with Crippen LogP contribution in [0.4, 0.5) is 0 Å². The molecule has 0 aliphatic carbocycles. The molecule has 0 fully saturated rings. The lowest BCUT2D eigenvalue weighted by molar-refractivity contribution is 0.581. The fourth-order valence-corrected chi connectivity index (χ4v) is 0.786. The maximum atomic E-state index is 8.05. The van der Waals surface area contributed by atoms with Crippen LogP contribution >= 0.6 is 0 Å². The smallest absolute Gasteiger partial charge is 0.0654 e. The third-order valence-corrected chi connectivity index (χ3v) is 1.36. The van der Waals surface area contributed by atoms with Gasteiger partial charge < -0.3 is 0 Å². The second-order valence-electron chi connectivity index (χ2n) is 2.28. The zero-order chi connectivity index (χ0) is 6.95. The lowest BCUT2D eigenvalue weighted by Gasteiger charge is -1.91. The summed E-state index contributed by atoms with van der Waals surface area (Å²) >= 11 is 0. The Morgan fingerprint density at radius 3 is 2.33 bits per heavy atom. The highest BCUT2D eigenvalue weighted by Gasteiger charge is 1.97. The molecule has 0 atom stereocenters. The molecule has 0 unspecified atom stereocenters. The van der Waals surface area contributed by atoms with Gasteiger partial charge in [-0.3, -0.25) is 0 Å². The van der Waals surface area contributed by atoms with E-state index in [1.54, 1.807) is 0 Å². The summed E-state index contributed by atoms with van der Waals surface area (Å²) in [6, 6.07) is 0. The highest BCUT2D eigenvalue weighted by atomic mass is 15.2. The Labute approximate surface area is 57.8 Å². The fraction of sp³-hybridized carbons (Fsp3) is 1.00. The van der Waals surface area contributed by atoms with Gasteiger partial charge in [0.1, 0.15) is 0 Å². The second-order valence-corrected chi connectivity index (χ2v) is 2.28. The average Bonchev–Trinajstić information content (AvgIpc) is 1.89. The maximum Gasteiger partial charge on any atom is 0.265 e. The van der Waals surface area contributed by atoms with E-state index in [-0.39, 0.29) is 0 Å². The molecule has 0 saturated heterocycles. The van der Waals surface area contributed by atoms with Gasteiger partial charge in [-0.1, -0.05) is 26.2 Å². The monoisotopic (exact) mass is 127 g/mol. The first kappa shape index (κ1) is 8.92. The lowest BCUT2D eigenvalue weighted by Crippen LogP contribution is -2.01. The minimum absolute atomic E-state index is 0.615. The van der Waals surface area contributed by atoms with Crippen LogP contribution in [-0.2, 0) is 0 Å². The van der Waals surface area contributed by atoms with Crippen LogP contribution in [0, 0.1) is 0 Å². The minimum Gasteiger partial charge on any atom is -0.0654 e. The lowest BCUT2D eigenvalue weighted by atomic mass is 10.2. The van der Waals surface area contributed by atoms with Crippen molar-refractivity contribution in [2.24, 2.45) is 0 Å². The van der Waals surface area contributed by atoms with E-state index in [0.29, 0.717) is 6.54 Å². The van der Waals surface area contributed by atoms with Crippen molar-refractivity contribution in [3.8, 4) is 0 Å². The molecule has 0 amide bonds. The Kier molecular flexibility index (Phi) is 7.85. The number of unbranched alkanes of at least 4 members (excludes halogenated alkanes) is 4. The molecule has 0 heterocycles. The SMILES string of the molecule is CCCCCCC[N+][N]. The van der Waals surface area contributed by atoms with Crippen LogP contribution in [0.3, 0.4) is 0 Å². The molecule has 0 aliphatic heterocycles. The Morgan fingerprint density at radius 2 is 1.78 bits per heavy atom. The Bertz CT molecular complexity index is 40.2. The summed E-state index contributed by atoms with van der Waals surface area (Å²) in [5.41, 5.74) is 3.03. The van der Waals surface area contributed by atoms with E-state index in [2.05, 4.69) is 12.3 Å². The quantitative estimate of drug-likeness (QED) is 0.383. The van der Waals surface area contributed by atoms with E-state index >= 15 is 0 Å². The third-order valence-electron chi connectivity index (χ3n) is 1.36. The molecule has 0 bridgehead atoms. The van der Waals surface area contributed by atoms with Crippen molar-refractivity contribution in [3.63, 3.8) is 0 Å². The summed E-state index contributed by atoms with van der Waals surface area (Å²) in [5.74, 6) is 8.05. The molecule has 4 radical (unpaired) electrons. The first-order valence-corrected chi connectivity index (χ1v) is 3.72. The number of hydrogen-bond donors (Lipinski definition) is 0. The van der Waals surface area contributed by atoms with Gasteiger partial charge in [0.15, 0.2) is 0 Å². The van der Waals surface area contributed by atoms with Crippen LogP contribution in [0.2, 0.25) is 0 Å². The standard InChI is InChI=1S/C7H15N2/c1-2-3-4-5-6-7-9-8/h2-7H2,1H3/q+1. The van der Waals surface area contributed by atoms with Crippen LogP contribution < -0.4 is 11.3 Å². The van der Waals surface area contributed by atoms with Crippen LogP contribution in [0.5, 0.6) is 0 Å². The average molecular weight is 127 g/mol. The molecule has 0 spiro atoms. The van der Waals surface area contributed by atoms with E-state index in [9.17, 15) is 0 Å². The first-order chi connectivity index (χ1) is 4.41. The highest BCUT2D eigenvalue weighted by Crippen LogP contribution is 2.00. The van der Waals surface area contributed by atoms with Crippen molar-refractivity contribution in [2.45, 2.75) is 39.0 Å². The molecule has 9 heavy (non-hydrogen) atoms. The van der Waals surface area contributed by atoms with Crippen molar-refractivity contribution in [3.05, 3.63) is 0 Å². The molecule has 2 nitrogen and oxygen atoms in total. The van der Waals surface area contributed by atoms with Crippen LogP contribution in [0.15, 0.2) is 0 Å². The van der Waals surface area contributed by atoms with Gasteiger partial charge >= 0.3 is 0 Å². The predicted molar refractivity (Wildman–Crippen MR) is 37.9 cm³/mol. The highest BCUT2D eigenvalue weighted by molar-refractivity contribution is 4.42. The van der Waals surface area contributed by atoms with Crippen molar-refractivity contribution in [1.29, 1.82) is 0 Å². The Balaban J connectivity index is 2.60. The zero-order valence-corrected chi connectivity index (χ0v) is 6.14. The van der Waals surface area contributed by atoms with Gasteiger partial charge in [-0.05, 0) is 6.42 Å². The molecule has 52 valence electrons. The van der Waals surface area contributed by atoms with Gasteiger partial charge in [0.25, 0.3) is 5.84 Å². The first-order valence-electron chi connectivity index (χ1n) is 3.72. The molecular formula is C7H15N2+. The third kappa shape index (κ3) is 7.92. The normalized spacial score (nSPS) is 10.0. The molecule has 0 aromatic carbocycles. The van der Waals surface area contributed by atoms with Gasteiger partial charge in [0, 0.05) is 6.42 Å². The largest absolute Gasteiger partial charge is 0.265 e. The molecule has 0 aromatic rings. The van der Waals surface area contributed by atoms with E-state index in [4.69, 9.17) is 5.84 Å². The van der Waals surface area contributed by atoms with Gasteiger partial charge in [-0.15, -0.1) is 0 Å². The summed E-state index contributed by atoms with van der Waals surface area (Å²) < 4.78 is 0. The van der Waals surface area contributed by atoms with E-state index < -0.39 is 0 Å². The molecule has 0 aromatic heterocycles. The van der Waals surface area contributed by atoms with Crippen LogP contribution in [0.25, 0.3) is 0 Å². The van der Waals surface area contributed by atoms with Crippen LogP contribution in [0.1, 0.15) is 39.0 Å². The van der Waals surface area contributed by atoms with E-state index in [1.807, 2.05) is 0 Å². The number of rotatable bonds is 6. The summed E-state index contributed by atoms with van der Waals surface area (Å²) in [6.07, 6.45) is 6.11. The Hall–Kier alpha value is -0.0800. The molecule has 0 aliphatic rings. The Morgan fingerprint density at radius 1 is 1.11 bits per heavy atom. The maximum absolute atomic E-state index is 8.05. The van der Waals surface area contributed by atoms with Crippen molar-refractivity contribution in [2.75, 3.05) is 6.54 Å². The van der Waals surface area contributed by atoms with Gasteiger partial charge in [-0.25, -0.2) is 0 Å². The predicted octanol–water partition coefficient (Wildman–Crippen LogP) is 1.54. The molecular weight excluding hydrogens is 112 g/mol. The summed E-state index contributed by atoms with van der Waals surface area (Å²) in [7, 11) is 0. The minimum atomic E-state index is 0.615. The van der Waals surface area contributed by atoms with Crippen molar-refractivity contribution in [1.82, 2.24) is 11.3 Å². The summed E-state index contributed by atoms with van der Waals surface area (Å²) in [5, 5.41) is 0. The molecule has 0 saturated carbocycles. The molecule has 0 rings (SSSR count). The van der Waals surface area contributed by atoms with Crippen LogP contribution in [-0.4, -0.2) is 6.54 Å². The van der Waals surface area contributed by atoms with Gasteiger partial charge in [-0.2, -0.15) is 0 Å². The molecule has 0 N–H and O–H groups in total. The fourth-order valence-electron chi connectivity index (χ4n) is 0.786. The number of nitrogens with zero attached hydrogens (tertiary/aromatic N) is 2. The zero-order valence-electron chi connectivity index (χ0n) is 6.14. The molecule has 2 heteroatoms. The summed E-state index contributed by atoms with van der Waals surface area (Å²) in [6.45, 7) is 2.81. The van der Waals surface area contributed by atoms with E-state index in [1.165, 1.54) is 25.7 Å². The topological polar surface area (TPSA) is 36.4 Å². The second kappa shape index (κ2) is 7.92. The van der Waals surface area contributed by atoms with E-state index in [0.717, 1.165) is 6.42 Å².